The summed E-state index contributed by atoms with van der Waals surface area (Å²) in [5.74, 6) is 0.947. The average molecular weight is 279 g/mol. The quantitative estimate of drug-likeness (QED) is 0.743. The van der Waals surface area contributed by atoms with Gasteiger partial charge in [0, 0.05) is 24.8 Å². The highest BCUT2D eigenvalue weighted by atomic mass is 16.2. The predicted molar refractivity (Wildman–Crippen MR) is 75.8 cm³/mol. The Labute approximate surface area is 120 Å². The third-order valence-electron chi connectivity index (χ3n) is 4.95. The van der Waals surface area contributed by atoms with Crippen molar-refractivity contribution in [2.45, 2.75) is 52.9 Å². The Morgan fingerprint density at radius 3 is 2.25 bits per heavy atom. The molecule has 1 saturated carbocycles. The Bertz CT molecular complexity index is 408. The van der Waals surface area contributed by atoms with Crippen molar-refractivity contribution in [2.75, 3.05) is 6.54 Å². The van der Waals surface area contributed by atoms with Crippen molar-refractivity contribution in [1.29, 1.82) is 0 Å². The fourth-order valence-corrected chi connectivity index (χ4v) is 3.43. The number of hydrogen-bond acceptors (Lipinski definition) is 3. The summed E-state index contributed by atoms with van der Waals surface area (Å²) in [5.41, 5.74) is 0. The number of carbonyl (C=O) groups is 3. The predicted octanol–water partition coefficient (Wildman–Crippen LogP) is 2.41. The molecule has 1 heterocycles. The third-order valence-corrected chi connectivity index (χ3v) is 4.95. The SMILES string of the molecule is CC(=O)[C@H]1CC[C@H](CN2C(=O)C[C@H](C(C)C)C2=O)CC1. The molecule has 2 rings (SSSR count). The fraction of sp³-hybridized carbons (Fsp3) is 0.812. The highest BCUT2D eigenvalue weighted by molar-refractivity contribution is 6.03. The van der Waals surface area contributed by atoms with Gasteiger partial charge in [-0.3, -0.25) is 19.3 Å². The molecule has 0 N–H and O–H groups in total. The number of Topliss-reactive ketones (excluding diaryl/α,β-unsaturated/α-hetero) is 1. The number of carbonyl (C=O) groups excluding carboxylic acids is 3. The van der Waals surface area contributed by atoms with E-state index < -0.39 is 0 Å². The second-order valence-electron chi connectivity index (χ2n) is 6.73. The molecule has 0 aromatic rings. The number of nitrogens with zero attached hydrogens (tertiary/aromatic N) is 1. The van der Waals surface area contributed by atoms with Crippen LogP contribution in [0.1, 0.15) is 52.9 Å². The Kier molecular flexibility index (Phi) is 4.61. The van der Waals surface area contributed by atoms with Crippen LogP contribution in [0, 0.1) is 23.7 Å². The maximum atomic E-state index is 12.3. The molecule has 0 bridgehead atoms. The molecular formula is C16H25NO3. The van der Waals surface area contributed by atoms with Crippen LogP contribution in [0.4, 0.5) is 0 Å². The van der Waals surface area contributed by atoms with E-state index in [0.717, 1.165) is 25.7 Å². The molecule has 4 nitrogen and oxygen atoms in total. The summed E-state index contributed by atoms with van der Waals surface area (Å²) in [6.07, 6.45) is 4.09. The summed E-state index contributed by atoms with van der Waals surface area (Å²) < 4.78 is 0. The van der Waals surface area contributed by atoms with Crippen LogP contribution >= 0.6 is 0 Å². The van der Waals surface area contributed by atoms with E-state index in [0.29, 0.717) is 18.9 Å². The summed E-state index contributed by atoms with van der Waals surface area (Å²) >= 11 is 0. The first-order chi connectivity index (χ1) is 9.40. The monoisotopic (exact) mass is 279 g/mol. The average Bonchev–Trinajstić information content (AvgIpc) is 2.67. The Morgan fingerprint density at radius 1 is 1.20 bits per heavy atom. The lowest BCUT2D eigenvalue weighted by molar-refractivity contribution is -0.141. The zero-order valence-corrected chi connectivity index (χ0v) is 12.7. The molecule has 1 atom stereocenters. The van der Waals surface area contributed by atoms with E-state index in [1.807, 2.05) is 13.8 Å². The molecule has 2 aliphatic rings. The first-order valence-corrected chi connectivity index (χ1v) is 7.74. The van der Waals surface area contributed by atoms with Crippen LogP contribution in [-0.2, 0) is 14.4 Å². The maximum Gasteiger partial charge on any atom is 0.233 e. The molecule has 2 amide bonds. The summed E-state index contributed by atoms with van der Waals surface area (Å²) in [6.45, 7) is 6.21. The summed E-state index contributed by atoms with van der Waals surface area (Å²) in [6, 6.07) is 0. The normalized spacial score (nSPS) is 31.2. The molecule has 1 aliphatic heterocycles. The number of imide groups is 1. The van der Waals surface area contributed by atoms with Crippen LogP contribution in [0.15, 0.2) is 0 Å². The lowest BCUT2D eigenvalue weighted by Gasteiger charge is -2.29. The van der Waals surface area contributed by atoms with Gasteiger partial charge in [0.15, 0.2) is 0 Å². The molecule has 1 aliphatic carbocycles. The molecule has 20 heavy (non-hydrogen) atoms. The zero-order valence-electron chi connectivity index (χ0n) is 12.7. The van der Waals surface area contributed by atoms with Crippen LogP contribution in [0.5, 0.6) is 0 Å². The van der Waals surface area contributed by atoms with E-state index in [4.69, 9.17) is 0 Å². The number of ketones is 1. The van der Waals surface area contributed by atoms with E-state index >= 15 is 0 Å². The summed E-state index contributed by atoms with van der Waals surface area (Å²) in [5, 5.41) is 0. The van der Waals surface area contributed by atoms with Gasteiger partial charge >= 0.3 is 0 Å². The van der Waals surface area contributed by atoms with Gasteiger partial charge in [-0.05, 0) is 44.4 Å². The fourth-order valence-electron chi connectivity index (χ4n) is 3.43. The van der Waals surface area contributed by atoms with Crippen molar-refractivity contribution >= 4 is 17.6 Å². The van der Waals surface area contributed by atoms with E-state index in [2.05, 4.69) is 0 Å². The molecule has 4 heteroatoms. The van der Waals surface area contributed by atoms with Crippen LogP contribution in [0.2, 0.25) is 0 Å². The standard InChI is InChI=1S/C16H25NO3/c1-10(2)14-8-15(19)17(16(14)20)9-12-4-6-13(7-5-12)11(3)18/h10,12-14H,4-9H2,1-3H3/t12-,13-,14-/m1/s1. The Morgan fingerprint density at radius 2 is 1.80 bits per heavy atom. The first kappa shape index (κ1) is 15.2. The van der Waals surface area contributed by atoms with Crippen molar-refractivity contribution in [2.24, 2.45) is 23.7 Å². The smallest absolute Gasteiger partial charge is 0.233 e. The second-order valence-corrected chi connectivity index (χ2v) is 6.73. The van der Waals surface area contributed by atoms with E-state index in [1.54, 1.807) is 6.92 Å². The van der Waals surface area contributed by atoms with Crippen molar-refractivity contribution in [3.63, 3.8) is 0 Å². The van der Waals surface area contributed by atoms with E-state index in [9.17, 15) is 14.4 Å². The highest BCUT2D eigenvalue weighted by Gasteiger charge is 2.41. The molecule has 0 aromatic heterocycles. The van der Waals surface area contributed by atoms with Gasteiger partial charge in [0.25, 0.3) is 0 Å². The van der Waals surface area contributed by atoms with Gasteiger partial charge in [0.1, 0.15) is 5.78 Å². The minimum absolute atomic E-state index is 0.0117. The molecule has 112 valence electrons. The molecule has 0 radical (unpaired) electrons. The van der Waals surface area contributed by atoms with Crippen LogP contribution in [-0.4, -0.2) is 29.0 Å². The van der Waals surface area contributed by atoms with Gasteiger partial charge < -0.3 is 0 Å². The van der Waals surface area contributed by atoms with Crippen molar-refractivity contribution < 1.29 is 14.4 Å². The van der Waals surface area contributed by atoms with Gasteiger partial charge in [-0.25, -0.2) is 0 Å². The molecule has 0 spiro atoms. The van der Waals surface area contributed by atoms with Crippen LogP contribution in [0.25, 0.3) is 0 Å². The van der Waals surface area contributed by atoms with Gasteiger partial charge in [0.05, 0.1) is 0 Å². The largest absolute Gasteiger partial charge is 0.300 e. The Hall–Kier alpha value is -1.19. The van der Waals surface area contributed by atoms with Crippen molar-refractivity contribution in [3.05, 3.63) is 0 Å². The molecular weight excluding hydrogens is 254 g/mol. The summed E-state index contributed by atoms with van der Waals surface area (Å²) in [4.78, 5) is 37.1. The highest BCUT2D eigenvalue weighted by Crippen LogP contribution is 2.33. The molecule has 0 unspecified atom stereocenters. The van der Waals surface area contributed by atoms with Gasteiger partial charge in [0.2, 0.25) is 11.8 Å². The van der Waals surface area contributed by atoms with Crippen LogP contribution < -0.4 is 0 Å². The van der Waals surface area contributed by atoms with Crippen LogP contribution in [0.3, 0.4) is 0 Å². The van der Waals surface area contributed by atoms with Gasteiger partial charge in [-0.2, -0.15) is 0 Å². The minimum atomic E-state index is -0.129. The van der Waals surface area contributed by atoms with Crippen molar-refractivity contribution in [1.82, 2.24) is 4.90 Å². The second kappa shape index (κ2) is 6.06. The number of rotatable bonds is 4. The van der Waals surface area contributed by atoms with Gasteiger partial charge in [-0.1, -0.05) is 13.8 Å². The first-order valence-electron chi connectivity index (χ1n) is 7.74. The Balaban J connectivity index is 1.90. The summed E-state index contributed by atoms with van der Waals surface area (Å²) in [7, 11) is 0. The third kappa shape index (κ3) is 3.10. The topological polar surface area (TPSA) is 54.5 Å². The number of hydrogen-bond donors (Lipinski definition) is 0. The molecule has 0 aromatic carbocycles. The van der Waals surface area contributed by atoms with E-state index in [1.165, 1.54) is 4.90 Å². The maximum absolute atomic E-state index is 12.3. The minimum Gasteiger partial charge on any atom is -0.300 e. The van der Waals surface area contributed by atoms with Gasteiger partial charge in [-0.15, -0.1) is 0 Å². The lowest BCUT2D eigenvalue weighted by atomic mass is 9.80. The molecule has 1 saturated heterocycles. The zero-order chi connectivity index (χ0) is 14.9. The lowest BCUT2D eigenvalue weighted by Crippen LogP contribution is -2.37. The number of amides is 2. The van der Waals surface area contributed by atoms with Crippen molar-refractivity contribution in [3.8, 4) is 0 Å². The molecule has 2 fully saturated rings. The van der Waals surface area contributed by atoms with E-state index in [-0.39, 0.29) is 35.4 Å². The number of likely N-dealkylation sites (tertiary alicyclic amines) is 1.